The topological polar surface area (TPSA) is 29.5 Å². The molecular formula is C12H14ClNO2. The molecule has 16 heavy (non-hydrogen) atoms. The largest absolute Gasteiger partial charge is 0.275 e. The first kappa shape index (κ1) is 11.4. The van der Waals surface area contributed by atoms with Crippen molar-refractivity contribution in [2.75, 3.05) is 14.2 Å². The minimum atomic E-state index is -0.380. The van der Waals surface area contributed by atoms with Crippen LogP contribution in [-0.2, 0) is 15.0 Å². The quantitative estimate of drug-likeness (QED) is 0.758. The number of likely N-dealkylation sites (N-methyl/N-ethyl adjacent to an activating group) is 1. The van der Waals surface area contributed by atoms with Gasteiger partial charge in [-0.3, -0.25) is 9.63 Å². The highest BCUT2D eigenvalue weighted by molar-refractivity contribution is 6.30. The highest BCUT2D eigenvalue weighted by Crippen LogP contribution is 2.49. The Labute approximate surface area is 99.9 Å². The summed E-state index contributed by atoms with van der Waals surface area (Å²) < 4.78 is 0. The van der Waals surface area contributed by atoms with E-state index in [1.807, 2.05) is 24.3 Å². The van der Waals surface area contributed by atoms with Crippen LogP contribution in [0.1, 0.15) is 18.4 Å². The number of amides is 1. The lowest BCUT2D eigenvalue weighted by Crippen LogP contribution is -2.35. The summed E-state index contributed by atoms with van der Waals surface area (Å²) in [5.74, 6) is 0.0114. The molecule has 1 amide bonds. The molecule has 0 spiro atoms. The predicted octanol–water partition coefficient (Wildman–Crippen LogP) is 2.39. The third-order valence-corrected chi connectivity index (χ3v) is 3.37. The monoisotopic (exact) mass is 239 g/mol. The van der Waals surface area contributed by atoms with Crippen molar-refractivity contribution in [2.24, 2.45) is 0 Å². The van der Waals surface area contributed by atoms with Gasteiger partial charge in [-0.15, -0.1) is 0 Å². The second kappa shape index (κ2) is 4.07. The highest BCUT2D eigenvalue weighted by Gasteiger charge is 2.52. The Hall–Kier alpha value is -1.06. The number of nitrogens with zero attached hydrogens (tertiary/aromatic N) is 1. The molecule has 0 aliphatic heterocycles. The summed E-state index contributed by atoms with van der Waals surface area (Å²) in [6, 6.07) is 7.46. The summed E-state index contributed by atoms with van der Waals surface area (Å²) in [4.78, 5) is 17.1. The Morgan fingerprint density at radius 3 is 2.38 bits per heavy atom. The zero-order valence-electron chi connectivity index (χ0n) is 9.37. The van der Waals surface area contributed by atoms with E-state index in [4.69, 9.17) is 16.4 Å². The van der Waals surface area contributed by atoms with Crippen LogP contribution in [0.5, 0.6) is 0 Å². The van der Waals surface area contributed by atoms with E-state index in [2.05, 4.69) is 0 Å². The fourth-order valence-electron chi connectivity index (χ4n) is 1.90. The Balaban J connectivity index is 2.26. The molecule has 3 nitrogen and oxygen atoms in total. The number of rotatable bonds is 3. The van der Waals surface area contributed by atoms with Gasteiger partial charge in [-0.25, -0.2) is 5.06 Å². The minimum absolute atomic E-state index is 0.0114. The summed E-state index contributed by atoms with van der Waals surface area (Å²) in [7, 11) is 3.13. The molecule has 1 fully saturated rings. The van der Waals surface area contributed by atoms with E-state index in [9.17, 15) is 4.79 Å². The Kier molecular flexibility index (Phi) is 2.91. The smallest absolute Gasteiger partial charge is 0.256 e. The molecule has 4 heteroatoms. The van der Waals surface area contributed by atoms with Crippen LogP contribution < -0.4 is 0 Å². The number of halogens is 1. The molecule has 1 aliphatic rings. The number of benzene rings is 1. The van der Waals surface area contributed by atoms with Gasteiger partial charge in [-0.1, -0.05) is 23.7 Å². The third-order valence-electron chi connectivity index (χ3n) is 3.12. The molecule has 1 aromatic carbocycles. The first-order valence-corrected chi connectivity index (χ1v) is 5.56. The van der Waals surface area contributed by atoms with E-state index in [0.717, 1.165) is 18.4 Å². The van der Waals surface area contributed by atoms with Crippen LogP contribution in [-0.4, -0.2) is 25.1 Å². The maximum Gasteiger partial charge on any atom is 0.256 e. The van der Waals surface area contributed by atoms with Gasteiger partial charge in [-0.05, 0) is 30.5 Å². The molecular weight excluding hydrogens is 226 g/mol. The first-order chi connectivity index (χ1) is 7.60. The number of carbonyl (C=O) groups excluding carboxylic acids is 1. The Morgan fingerprint density at radius 1 is 1.38 bits per heavy atom. The van der Waals surface area contributed by atoms with E-state index < -0.39 is 0 Å². The average Bonchev–Trinajstić information content (AvgIpc) is 3.09. The average molecular weight is 240 g/mol. The molecule has 0 radical (unpaired) electrons. The van der Waals surface area contributed by atoms with Crippen LogP contribution in [0.3, 0.4) is 0 Å². The second-order valence-electron chi connectivity index (χ2n) is 4.07. The Bertz CT molecular complexity index is 398. The lowest BCUT2D eigenvalue weighted by molar-refractivity contribution is -0.171. The maximum absolute atomic E-state index is 12.1. The molecule has 2 rings (SSSR count). The molecule has 1 saturated carbocycles. The predicted molar refractivity (Wildman–Crippen MR) is 62.1 cm³/mol. The molecule has 1 aliphatic carbocycles. The van der Waals surface area contributed by atoms with Gasteiger partial charge < -0.3 is 0 Å². The van der Waals surface area contributed by atoms with Crippen molar-refractivity contribution in [3.63, 3.8) is 0 Å². The molecule has 0 aromatic heterocycles. The van der Waals surface area contributed by atoms with E-state index >= 15 is 0 Å². The van der Waals surface area contributed by atoms with Gasteiger partial charge in [0.05, 0.1) is 12.5 Å². The fraction of sp³-hybridized carbons (Fsp3) is 0.417. The summed E-state index contributed by atoms with van der Waals surface area (Å²) in [6.45, 7) is 0. The molecule has 0 N–H and O–H groups in total. The molecule has 86 valence electrons. The van der Waals surface area contributed by atoms with Crippen molar-refractivity contribution < 1.29 is 9.63 Å². The minimum Gasteiger partial charge on any atom is -0.275 e. The van der Waals surface area contributed by atoms with E-state index in [0.29, 0.717) is 5.02 Å². The number of hydrogen-bond acceptors (Lipinski definition) is 2. The summed E-state index contributed by atoms with van der Waals surface area (Å²) >= 11 is 5.83. The van der Waals surface area contributed by atoms with Gasteiger partial charge in [-0.2, -0.15) is 0 Å². The zero-order valence-corrected chi connectivity index (χ0v) is 10.1. The molecule has 1 aromatic rings. The highest BCUT2D eigenvalue weighted by atomic mass is 35.5. The van der Waals surface area contributed by atoms with Crippen LogP contribution in [0.4, 0.5) is 0 Å². The van der Waals surface area contributed by atoms with E-state index in [1.165, 1.54) is 12.2 Å². The summed E-state index contributed by atoms with van der Waals surface area (Å²) in [5, 5.41) is 1.98. The van der Waals surface area contributed by atoms with E-state index in [-0.39, 0.29) is 11.3 Å². The maximum atomic E-state index is 12.1. The second-order valence-corrected chi connectivity index (χ2v) is 4.51. The number of hydroxylamine groups is 2. The van der Waals surface area contributed by atoms with Crippen molar-refractivity contribution in [3.05, 3.63) is 34.9 Å². The SMILES string of the molecule is CON(C)C(=O)C1(c2ccc(Cl)cc2)CC1. The van der Waals surface area contributed by atoms with Crippen molar-refractivity contribution >= 4 is 17.5 Å². The molecule has 0 heterocycles. The molecule has 0 saturated heterocycles. The Morgan fingerprint density at radius 2 is 1.94 bits per heavy atom. The van der Waals surface area contributed by atoms with Crippen LogP contribution in [0.25, 0.3) is 0 Å². The third kappa shape index (κ3) is 1.81. The standard InChI is InChI=1S/C12H14ClNO2/c1-14(16-2)11(15)12(7-8-12)9-3-5-10(13)6-4-9/h3-6H,7-8H2,1-2H3. The number of carbonyl (C=O) groups is 1. The first-order valence-electron chi connectivity index (χ1n) is 5.18. The summed E-state index contributed by atoms with van der Waals surface area (Å²) in [5.41, 5.74) is 0.640. The van der Waals surface area contributed by atoms with Gasteiger partial charge in [0.2, 0.25) is 0 Å². The van der Waals surface area contributed by atoms with Gasteiger partial charge in [0, 0.05) is 12.1 Å². The van der Waals surface area contributed by atoms with Crippen molar-refractivity contribution in [3.8, 4) is 0 Å². The lowest BCUT2D eigenvalue weighted by Gasteiger charge is -2.21. The number of hydrogen-bond donors (Lipinski definition) is 0. The molecule has 0 bridgehead atoms. The van der Waals surface area contributed by atoms with Crippen LogP contribution in [0.2, 0.25) is 5.02 Å². The fourth-order valence-corrected chi connectivity index (χ4v) is 2.03. The van der Waals surface area contributed by atoms with Crippen LogP contribution in [0, 0.1) is 0 Å². The van der Waals surface area contributed by atoms with Gasteiger partial charge >= 0.3 is 0 Å². The van der Waals surface area contributed by atoms with Crippen molar-refractivity contribution in [1.29, 1.82) is 0 Å². The molecule has 0 unspecified atom stereocenters. The lowest BCUT2D eigenvalue weighted by atomic mass is 9.95. The normalized spacial score (nSPS) is 16.9. The van der Waals surface area contributed by atoms with E-state index in [1.54, 1.807) is 7.05 Å². The van der Waals surface area contributed by atoms with Crippen molar-refractivity contribution in [2.45, 2.75) is 18.3 Å². The van der Waals surface area contributed by atoms with Gasteiger partial charge in [0.15, 0.2) is 0 Å². The zero-order chi connectivity index (χ0) is 11.8. The molecule has 0 atom stereocenters. The van der Waals surface area contributed by atoms with Gasteiger partial charge in [0.25, 0.3) is 5.91 Å². The van der Waals surface area contributed by atoms with Crippen molar-refractivity contribution in [1.82, 2.24) is 5.06 Å². The van der Waals surface area contributed by atoms with Crippen LogP contribution >= 0.6 is 11.6 Å². The van der Waals surface area contributed by atoms with Crippen LogP contribution in [0.15, 0.2) is 24.3 Å². The summed E-state index contributed by atoms with van der Waals surface area (Å²) in [6.07, 6.45) is 1.75. The van der Waals surface area contributed by atoms with Gasteiger partial charge in [0.1, 0.15) is 0 Å².